The smallest absolute Gasteiger partial charge is 0.277 e. The van der Waals surface area contributed by atoms with Crippen LogP contribution in [0.5, 0.6) is 0 Å². The van der Waals surface area contributed by atoms with Gasteiger partial charge in [0.1, 0.15) is 11.5 Å². The van der Waals surface area contributed by atoms with Crippen LogP contribution in [0.3, 0.4) is 0 Å². The van der Waals surface area contributed by atoms with Crippen LogP contribution in [0.1, 0.15) is 37.9 Å². The number of rotatable bonds is 6. The molecule has 0 spiro atoms. The summed E-state index contributed by atoms with van der Waals surface area (Å²) >= 11 is 1.23. The molecule has 0 fully saturated rings. The molecule has 28 heavy (non-hydrogen) atoms. The number of thioether (sulfide) groups is 1. The first-order valence-corrected chi connectivity index (χ1v) is 10.1. The van der Waals surface area contributed by atoms with Crippen LogP contribution in [0.15, 0.2) is 50.5 Å². The number of hydrogen-bond donors (Lipinski definition) is 0. The predicted molar refractivity (Wildman–Crippen MR) is 109 cm³/mol. The zero-order valence-corrected chi connectivity index (χ0v) is 17.7. The monoisotopic (exact) mass is 399 g/mol. The van der Waals surface area contributed by atoms with Crippen LogP contribution in [-0.4, -0.2) is 33.8 Å². The van der Waals surface area contributed by atoms with Crippen molar-refractivity contribution in [3.05, 3.63) is 53.5 Å². The maximum absolute atomic E-state index is 12.3. The van der Waals surface area contributed by atoms with E-state index in [1.165, 1.54) is 17.3 Å². The molecule has 0 atom stereocenters. The highest BCUT2D eigenvalue weighted by atomic mass is 32.2. The molecule has 148 valence electrons. The van der Waals surface area contributed by atoms with Gasteiger partial charge >= 0.3 is 0 Å². The van der Waals surface area contributed by atoms with Crippen molar-refractivity contribution in [3.8, 4) is 11.5 Å². The molecule has 0 saturated heterocycles. The molecule has 0 radical (unpaired) electrons. The van der Waals surface area contributed by atoms with Crippen molar-refractivity contribution < 1.29 is 13.6 Å². The van der Waals surface area contributed by atoms with Gasteiger partial charge in [-0.1, -0.05) is 44.7 Å². The molecular weight excluding hydrogens is 374 g/mol. The van der Waals surface area contributed by atoms with E-state index in [0.717, 1.165) is 17.1 Å². The molecule has 3 aromatic rings. The Morgan fingerprint density at radius 1 is 1.07 bits per heavy atom. The zero-order chi connectivity index (χ0) is 20.3. The molecule has 0 bridgehead atoms. The number of aryl methyl sites for hydroxylation is 1. The SMILES string of the molecule is Cc1ccc(CN(C)C(=O)CSc2nnc(-c3ccc(C(C)(C)C)cc3)o2)o1. The number of carbonyl (C=O) groups excluding carboxylic acids is 1. The average molecular weight is 400 g/mol. The Labute approximate surface area is 169 Å². The number of amides is 1. The molecule has 0 aliphatic carbocycles. The molecule has 2 heterocycles. The fraction of sp³-hybridized carbons (Fsp3) is 0.381. The van der Waals surface area contributed by atoms with Crippen LogP contribution in [0, 0.1) is 6.92 Å². The summed E-state index contributed by atoms with van der Waals surface area (Å²) in [6.07, 6.45) is 0. The first kappa shape index (κ1) is 20.2. The lowest BCUT2D eigenvalue weighted by Gasteiger charge is -2.18. The summed E-state index contributed by atoms with van der Waals surface area (Å²) < 4.78 is 11.2. The van der Waals surface area contributed by atoms with Gasteiger partial charge in [-0.2, -0.15) is 0 Å². The summed E-state index contributed by atoms with van der Waals surface area (Å²) in [6.45, 7) is 8.83. The molecule has 0 aliphatic heterocycles. The van der Waals surface area contributed by atoms with Crippen LogP contribution in [0.25, 0.3) is 11.5 Å². The van der Waals surface area contributed by atoms with Crippen LogP contribution < -0.4 is 0 Å². The van der Waals surface area contributed by atoms with Crippen molar-refractivity contribution in [2.45, 2.75) is 44.9 Å². The summed E-state index contributed by atoms with van der Waals surface area (Å²) in [5, 5.41) is 8.51. The topological polar surface area (TPSA) is 72.4 Å². The Morgan fingerprint density at radius 3 is 2.39 bits per heavy atom. The summed E-state index contributed by atoms with van der Waals surface area (Å²) in [6, 6.07) is 11.9. The Hall–Kier alpha value is -2.54. The van der Waals surface area contributed by atoms with Crippen LogP contribution in [0.4, 0.5) is 0 Å². The molecule has 0 N–H and O–H groups in total. The van der Waals surface area contributed by atoms with Crippen LogP contribution >= 0.6 is 11.8 Å². The van der Waals surface area contributed by atoms with E-state index in [1.807, 2.05) is 31.2 Å². The van der Waals surface area contributed by atoms with E-state index in [2.05, 4.69) is 43.1 Å². The normalized spacial score (nSPS) is 11.6. The fourth-order valence-electron chi connectivity index (χ4n) is 2.62. The first-order valence-electron chi connectivity index (χ1n) is 9.09. The summed E-state index contributed by atoms with van der Waals surface area (Å²) in [7, 11) is 1.75. The van der Waals surface area contributed by atoms with E-state index in [1.54, 1.807) is 11.9 Å². The minimum absolute atomic E-state index is 0.0340. The third-order valence-electron chi connectivity index (χ3n) is 4.34. The molecule has 0 unspecified atom stereocenters. The molecule has 7 heteroatoms. The maximum Gasteiger partial charge on any atom is 0.277 e. The standard InChI is InChI=1S/C21H25N3O3S/c1-14-6-11-17(26-14)12-24(5)18(25)13-28-20-23-22-19(27-20)15-7-9-16(10-8-15)21(2,3)4/h6-11H,12-13H2,1-5H3. The van der Waals surface area contributed by atoms with Crippen molar-refractivity contribution in [2.75, 3.05) is 12.8 Å². The van der Waals surface area contributed by atoms with E-state index in [4.69, 9.17) is 8.83 Å². The quantitative estimate of drug-likeness (QED) is 0.560. The second kappa shape index (κ2) is 8.22. The summed E-state index contributed by atoms with van der Waals surface area (Å²) in [5.74, 6) is 2.24. The van der Waals surface area contributed by atoms with E-state index in [-0.39, 0.29) is 17.1 Å². The van der Waals surface area contributed by atoms with E-state index in [9.17, 15) is 4.79 Å². The van der Waals surface area contributed by atoms with E-state index < -0.39 is 0 Å². The third kappa shape index (κ3) is 5.04. The van der Waals surface area contributed by atoms with E-state index in [0.29, 0.717) is 17.7 Å². The van der Waals surface area contributed by atoms with Gasteiger partial charge in [-0.05, 0) is 42.2 Å². The third-order valence-corrected chi connectivity index (χ3v) is 5.14. The maximum atomic E-state index is 12.3. The summed E-state index contributed by atoms with van der Waals surface area (Å²) in [4.78, 5) is 13.9. The second-order valence-electron chi connectivity index (χ2n) is 7.75. The van der Waals surface area contributed by atoms with Crippen molar-refractivity contribution >= 4 is 17.7 Å². The predicted octanol–water partition coefficient (Wildman–Crippen LogP) is 4.69. The van der Waals surface area contributed by atoms with Gasteiger partial charge in [-0.25, -0.2) is 0 Å². The lowest BCUT2D eigenvalue weighted by molar-refractivity contribution is -0.127. The van der Waals surface area contributed by atoms with Gasteiger partial charge in [0.15, 0.2) is 0 Å². The van der Waals surface area contributed by atoms with Crippen molar-refractivity contribution in [3.63, 3.8) is 0 Å². The molecule has 1 amide bonds. The molecule has 0 saturated carbocycles. The Bertz CT molecular complexity index is 938. The van der Waals surface area contributed by atoms with Gasteiger partial charge in [-0.3, -0.25) is 4.79 Å². The second-order valence-corrected chi connectivity index (χ2v) is 8.68. The molecule has 0 aliphatic rings. The highest BCUT2D eigenvalue weighted by Gasteiger charge is 2.16. The van der Waals surface area contributed by atoms with Crippen LogP contribution in [0.2, 0.25) is 0 Å². The van der Waals surface area contributed by atoms with Gasteiger partial charge in [0.25, 0.3) is 5.22 Å². The number of benzene rings is 1. The lowest BCUT2D eigenvalue weighted by Crippen LogP contribution is -2.27. The van der Waals surface area contributed by atoms with Crippen molar-refractivity contribution in [1.29, 1.82) is 0 Å². The van der Waals surface area contributed by atoms with Gasteiger partial charge in [-0.15, -0.1) is 10.2 Å². The zero-order valence-electron chi connectivity index (χ0n) is 16.9. The number of furan rings is 1. The van der Waals surface area contributed by atoms with Gasteiger partial charge in [0.05, 0.1) is 12.3 Å². The fourth-order valence-corrected chi connectivity index (χ4v) is 3.33. The first-order chi connectivity index (χ1) is 13.2. The summed E-state index contributed by atoms with van der Waals surface area (Å²) in [5.41, 5.74) is 2.20. The van der Waals surface area contributed by atoms with Crippen molar-refractivity contribution in [1.82, 2.24) is 15.1 Å². The number of hydrogen-bond acceptors (Lipinski definition) is 6. The molecular formula is C21H25N3O3S. The Morgan fingerprint density at radius 2 is 1.79 bits per heavy atom. The average Bonchev–Trinajstić information content (AvgIpc) is 3.28. The van der Waals surface area contributed by atoms with Crippen LogP contribution in [-0.2, 0) is 16.8 Å². The lowest BCUT2D eigenvalue weighted by atomic mass is 9.87. The number of carbonyl (C=O) groups is 1. The van der Waals surface area contributed by atoms with Crippen molar-refractivity contribution in [2.24, 2.45) is 0 Å². The van der Waals surface area contributed by atoms with E-state index >= 15 is 0 Å². The Kier molecular flexibility index (Phi) is 5.93. The largest absolute Gasteiger partial charge is 0.464 e. The number of aromatic nitrogens is 2. The van der Waals surface area contributed by atoms with Gasteiger partial charge in [0.2, 0.25) is 11.8 Å². The highest BCUT2D eigenvalue weighted by Crippen LogP contribution is 2.27. The highest BCUT2D eigenvalue weighted by molar-refractivity contribution is 7.99. The molecule has 6 nitrogen and oxygen atoms in total. The molecule has 3 rings (SSSR count). The Balaban J connectivity index is 1.56. The molecule has 1 aromatic carbocycles. The minimum Gasteiger partial charge on any atom is -0.464 e. The van der Waals surface area contributed by atoms with Gasteiger partial charge < -0.3 is 13.7 Å². The van der Waals surface area contributed by atoms with Gasteiger partial charge in [0, 0.05) is 12.6 Å². The number of nitrogens with zero attached hydrogens (tertiary/aromatic N) is 3. The molecule has 2 aromatic heterocycles. The minimum atomic E-state index is -0.0340.